The third-order valence-electron chi connectivity index (χ3n) is 2.65. The first-order chi connectivity index (χ1) is 7.64. The lowest BCUT2D eigenvalue weighted by Gasteiger charge is -2.23. The van der Waals surface area contributed by atoms with Crippen LogP contribution in [0.5, 0.6) is 0 Å². The molecule has 0 saturated carbocycles. The first-order valence-electron chi connectivity index (χ1n) is 5.78. The summed E-state index contributed by atoms with van der Waals surface area (Å²) in [6, 6.07) is 0.110. The first-order valence-corrected chi connectivity index (χ1v) is 7.43. The monoisotopic (exact) mass is 244 g/mol. The molecule has 1 heterocycles. The Bertz CT molecular complexity index is 326. The van der Waals surface area contributed by atoms with Crippen molar-refractivity contribution in [3.8, 4) is 12.3 Å². The van der Waals surface area contributed by atoms with Gasteiger partial charge in [0.1, 0.15) is 0 Å². The van der Waals surface area contributed by atoms with Gasteiger partial charge in [0.2, 0.25) is 10.0 Å². The van der Waals surface area contributed by atoms with Gasteiger partial charge in [0.15, 0.2) is 0 Å². The molecule has 1 atom stereocenters. The van der Waals surface area contributed by atoms with Crippen LogP contribution in [-0.2, 0) is 10.0 Å². The fourth-order valence-electron chi connectivity index (χ4n) is 1.81. The van der Waals surface area contributed by atoms with E-state index in [1.807, 2.05) is 0 Å². The van der Waals surface area contributed by atoms with Crippen molar-refractivity contribution in [1.29, 1.82) is 0 Å². The molecule has 1 unspecified atom stereocenters. The van der Waals surface area contributed by atoms with Gasteiger partial charge in [-0.15, -0.1) is 12.3 Å². The maximum atomic E-state index is 11.7. The maximum absolute atomic E-state index is 11.7. The maximum Gasteiger partial charge on any atom is 0.213 e. The van der Waals surface area contributed by atoms with Crippen LogP contribution in [0.25, 0.3) is 0 Å². The number of rotatable bonds is 6. The molecule has 1 rings (SSSR count). The molecule has 1 aliphatic rings. The Kier molecular flexibility index (Phi) is 5.81. The summed E-state index contributed by atoms with van der Waals surface area (Å²) in [5.41, 5.74) is 0. The fraction of sp³-hybridized carbons (Fsp3) is 0.818. The number of nitrogens with one attached hydrogen (secondary N) is 2. The average molecular weight is 244 g/mol. The highest BCUT2D eigenvalue weighted by molar-refractivity contribution is 7.89. The minimum Gasteiger partial charge on any atom is -0.313 e. The molecule has 1 fully saturated rings. The molecule has 1 aliphatic heterocycles. The Balaban J connectivity index is 2.25. The molecular formula is C11H20N2O2S. The second kappa shape index (κ2) is 6.89. The summed E-state index contributed by atoms with van der Waals surface area (Å²) in [5, 5.41) is 3.23. The Morgan fingerprint density at radius 1 is 1.44 bits per heavy atom. The molecular weight excluding hydrogens is 224 g/mol. The van der Waals surface area contributed by atoms with Crippen molar-refractivity contribution in [2.24, 2.45) is 0 Å². The molecule has 0 amide bonds. The zero-order valence-electron chi connectivity index (χ0n) is 9.54. The second-order valence-corrected chi connectivity index (χ2v) is 5.98. The zero-order valence-corrected chi connectivity index (χ0v) is 10.4. The van der Waals surface area contributed by atoms with Crippen molar-refractivity contribution >= 4 is 10.0 Å². The lowest BCUT2D eigenvalue weighted by molar-refractivity contribution is 0.422. The minimum atomic E-state index is -3.14. The topological polar surface area (TPSA) is 58.2 Å². The van der Waals surface area contributed by atoms with E-state index in [-0.39, 0.29) is 11.8 Å². The van der Waals surface area contributed by atoms with Crippen molar-refractivity contribution in [3.05, 3.63) is 0 Å². The fourth-order valence-corrected chi connectivity index (χ4v) is 3.20. The molecule has 2 N–H and O–H groups in total. The van der Waals surface area contributed by atoms with E-state index in [9.17, 15) is 8.42 Å². The van der Waals surface area contributed by atoms with Gasteiger partial charge < -0.3 is 5.32 Å². The number of unbranched alkanes of at least 4 members (excludes halogenated alkanes) is 1. The van der Waals surface area contributed by atoms with Gasteiger partial charge in [-0.1, -0.05) is 6.42 Å². The van der Waals surface area contributed by atoms with Gasteiger partial charge in [0.05, 0.1) is 5.75 Å². The highest BCUT2D eigenvalue weighted by Gasteiger charge is 2.20. The van der Waals surface area contributed by atoms with Crippen LogP contribution in [0.2, 0.25) is 0 Å². The van der Waals surface area contributed by atoms with E-state index in [0.717, 1.165) is 25.8 Å². The molecule has 4 nitrogen and oxygen atoms in total. The van der Waals surface area contributed by atoms with Gasteiger partial charge in [-0.2, -0.15) is 0 Å². The summed E-state index contributed by atoms with van der Waals surface area (Å²) in [4.78, 5) is 0. The number of piperidine rings is 1. The largest absolute Gasteiger partial charge is 0.313 e. The van der Waals surface area contributed by atoms with Crippen LogP contribution in [0.1, 0.15) is 32.1 Å². The van der Waals surface area contributed by atoms with Crippen molar-refractivity contribution in [2.45, 2.75) is 38.1 Å². The Morgan fingerprint density at radius 2 is 2.25 bits per heavy atom. The minimum absolute atomic E-state index is 0.110. The quantitative estimate of drug-likeness (QED) is 0.527. The Hall–Kier alpha value is -0.570. The summed E-state index contributed by atoms with van der Waals surface area (Å²) in [6.45, 7) is 1.37. The van der Waals surface area contributed by atoms with E-state index < -0.39 is 10.0 Å². The molecule has 1 saturated heterocycles. The molecule has 0 aromatic carbocycles. The molecule has 92 valence electrons. The van der Waals surface area contributed by atoms with Crippen LogP contribution in [-0.4, -0.2) is 33.3 Å². The van der Waals surface area contributed by atoms with Gasteiger partial charge in [-0.3, -0.25) is 0 Å². The van der Waals surface area contributed by atoms with Crippen LogP contribution >= 0.6 is 0 Å². The van der Waals surface area contributed by atoms with Crippen molar-refractivity contribution in [2.75, 3.05) is 18.8 Å². The molecule has 0 aromatic heterocycles. The highest BCUT2D eigenvalue weighted by Crippen LogP contribution is 2.08. The summed E-state index contributed by atoms with van der Waals surface area (Å²) in [5.74, 6) is 2.67. The summed E-state index contributed by atoms with van der Waals surface area (Å²) in [6.07, 6.45) is 9.62. The van der Waals surface area contributed by atoms with Crippen LogP contribution in [0.15, 0.2) is 0 Å². The normalized spacial score (nSPS) is 21.6. The van der Waals surface area contributed by atoms with E-state index in [1.54, 1.807) is 0 Å². The van der Waals surface area contributed by atoms with Crippen LogP contribution in [0.4, 0.5) is 0 Å². The van der Waals surface area contributed by atoms with Gasteiger partial charge >= 0.3 is 0 Å². The predicted octanol–water partition coefficient (Wildman–Crippen LogP) is 0.461. The number of hydrogen-bond donors (Lipinski definition) is 2. The van der Waals surface area contributed by atoms with E-state index in [4.69, 9.17) is 6.42 Å². The second-order valence-electron chi connectivity index (χ2n) is 4.13. The Morgan fingerprint density at radius 3 is 2.88 bits per heavy atom. The molecule has 0 bridgehead atoms. The van der Waals surface area contributed by atoms with Crippen LogP contribution in [0, 0.1) is 12.3 Å². The smallest absolute Gasteiger partial charge is 0.213 e. The third-order valence-corrected chi connectivity index (χ3v) is 4.14. The SMILES string of the molecule is C#CCCCNS(=O)(=O)CC1CCCCN1. The van der Waals surface area contributed by atoms with Crippen LogP contribution in [0.3, 0.4) is 0 Å². The molecule has 5 heteroatoms. The Labute approximate surface area is 98.2 Å². The standard InChI is InChI=1S/C11H20N2O2S/c1-2-3-5-9-13-16(14,15)10-11-7-4-6-8-12-11/h1,11-13H,3-10H2. The summed E-state index contributed by atoms with van der Waals surface area (Å²) in [7, 11) is -3.14. The molecule has 0 aromatic rings. The lowest BCUT2D eigenvalue weighted by atomic mass is 10.1. The van der Waals surface area contributed by atoms with E-state index in [0.29, 0.717) is 19.4 Å². The average Bonchev–Trinajstić information content (AvgIpc) is 2.25. The van der Waals surface area contributed by atoms with E-state index >= 15 is 0 Å². The van der Waals surface area contributed by atoms with Crippen molar-refractivity contribution in [1.82, 2.24) is 10.0 Å². The molecule has 0 aliphatic carbocycles. The van der Waals surface area contributed by atoms with Crippen LogP contribution < -0.4 is 10.0 Å². The van der Waals surface area contributed by atoms with Gasteiger partial charge in [0.25, 0.3) is 0 Å². The van der Waals surface area contributed by atoms with Gasteiger partial charge in [-0.05, 0) is 25.8 Å². The molecule has 16 heavy (non-hydrogen) atoms. The lowest BCUT2D eigenvalue weighted by Crippen LogP contribution is -2.42. The summed E-state index contributed by atoms with van der Waals surface area (Å²) >= 11 is 0. The zero-order chi connectivity index (χ0) is 11.9. The van der Waals surface area contributed by atoms with E-state index in [1.165, 1.54) is 0 Å². The van der Waals surface area contributed by atoms with Gasteiger partial charge in [0, 0.05) is 19.0 Å². The number of sulfonamides is 1. The molecule has 0 radical (unpaired) electrons. The molecule has 0 spiro atoms. The van der Waals surface area contributed by atoms with Gasteiger partial charge in [-0.25, -0.2) is 13.1 Å². The predicted molar refractivity (Wildman–Crippen MR) is 65.5 cm³/mol. The number of terminal acetylenes is 1. The number of hydrogen-bond acceptors (Lipinski definition) is 3. The van der Waals surface area contributed by atoms with Crippen molar-refractivity contribution in [3.63, 3.8) is 0 Å². The highest BCUT2D eigenvalue weighted by atomic mass is 32.2. The first kappa shape index (κ1) is 13.5. The third kappa shape index (κ3) is 5.50. The summed E-state index contributed by atoms with van der Waals surface area (Å²) < 4.78 is 25.9. The van der Waals surface area contributed by atoms with E-state index in [2.05, 4.69) is 16.0 Å². The van der Waals surface area contributed by atoms with Crippen molar-refractivity contribution < 1.29 is 8.42 Å².